The first kappa shape index (κ1) is 22.9. The van der Waals surface area contributed by atoms with Crippen LogP contribution < -0.4 is 10.6 Å². The molecule has 1 aromatic carbocycles. The number of carbonyl (C=O) groups is 2. The van der Waals surface area contributed by atoms with Crippen LogP contribution in [-0.4, -0.2) is 65.9 Å². The van der Waals surface area contributed by atoms with Crippen molar-refractivity contribution in [3.05, 3.63) is 29.3 Å². The van der Waals surface area contributed by atoms with Crippen LogP contribution in [0.4, 0.5) is 5.69 Å². The van der Waals surface area contributed by atoms with E-state index in [0.29, 0.717) is 6.54 Å². The monoisotopic (exact) mass is 452 g/mol. The zero-order valence-corrected chi connectivity index (χ0v) is 20.5. The first-order valence-electron chi connectivity index (χ1n) is 12.9. The summed E-state index contributed by atoms with van der Waals surface area (Å²) in [6, 6.07) is 5.89. The highest BCUT2D eigenvalue weighted by Crippen LogP contribution is 2.55. The molecular weight excluding hydrogens is 412 g/mol. The van der Waals surface area contributed by atoms with Gasteiger partial charge in [0.05, 0.1) is 12.6 Å². The number of amides is 2. The lowest BCUT2D eigenvalue weighted by atomic mass is 9.53. The van der Waals surface area contributed by atoms with Gasteiger partial charge < -0.3 is 10.6 Å². The van der Waals surface area contributed by atoms with Crippen molar-refractivity contribution in [2.75, 3.05) is 38.0 Å². The van der Waals surface area contributed by atoms with Gasteiger partial charge in [-0.15, -0.1) is 0 Å². The molecule has 4 aliphatic carbocycles. The molecule has 2 N–H and O–H groups in total. The van der Waals surface area contributed by atoms with Gasteiger partial charge in [0.2, 0.25) is 11.8 Å². The average molecular weight is 453 g/mol. The lowest BCUT2D eigenvalue weighted by molar-refractivity contribution is -0.132. The highest BCUT2D eigenvalue weighted by atomic mass is 16.2. The molecule has 1 atom stereocenters. The second-order valence-corrected chi connectivity index (χ2v) is 11.5. The Kier molecular flexibility index (Phi) is 6.25. The van der Waals surface area contributed by atoms with Crippen LogP contribution in [-0.2, 0) is 9.59 Å². The fourth-order valence-electron chi connectivity index (χ4n) is 7.38. The molecule has 0 spiro atoms. The van der Waals surface area contributed by atoms with Crippen molar-refractivity contribution in [3.8, 4) is 0 Å². The third-order valence-corrected chi connectivity index (χ3v) is 9.01. The minimum atomic E-state index is -0.107. The van der Waals surface area contributed by atoms with Gasteiger partial charge in [-0.25, -0.2) is 0 Å². The predicted octanol–water partition coefficient (Wildman–Crippen LogP) is 3.33. The van der Waals surface area contributed by atoms with Crippen molar-refractivity contribution in [2.45, 2.75) is 70.9 Å². The van der Waals surface area contributed by atoms with Crippen LogP contribution in [0.25, 0.3) is 0 Å². The maximum atomic E-state index is 13.2. The van der Waals surface area contributed by atoms with Crippen LogP contribution in [0.15, 0.2) is 18.2 Å². The molecule has 33 heavy (non-hydrogen) atoms. The fraction of sp³-hybridized carbons (Fsp3) is 0.704. The molecule has 0 aromatic heterocycles. The first-order chi connectivity index (χ1) is 15.8. The predicted molar refractivity (Wildman–Crippen MR) is 131 cm³/mol. The van der Waals surface area contributed by atoms with Crippen LogP contribution in [0.2, 0.25) is 0 Å². The number of aryl methyl sites for hydroxylation is 1. The van der Waals surface area contributed by atoms with E-state index >= 15 is 0 Å². The summed E-state index contributed by atoms with van der Waals surface area (Å²) in [6.45, 7) is 9.83. The molecule has 6 nitrogen and oxygen atoms in total. The molecule has 1 saturated heterocycles. The Morgan fingerprint density at radius 3 is 2.21 bits per heavy atom. The molecule has 2 amide bonds. The molecular formula is C27H40N4O2. The van der Waals surface area contributed by atoms with Gasteiger partial charge in [-0.3, -0.25) is 19.4 Å². The summed E-state index contributed by atoms with van der Waals surface area (Å²) in [7, 11) is 0. The van der Waals surface area contributed by atoms with Crippen molar-refractivity contribution >= 4 is 17.5 Å². The van der Waals surface area contributed by atoms with E-state index < -0.39 is 0 Å². The van der Waals surface area contributed by atoms with E-state index in [-0.39, 0.29) is 23.4 Å². The molecule has 5 aliphatic rings. The largest absolute Gasteiger partial charge is 0.349 e. The Bertz CT molecular complexity index is 870. The van der Waals surface area contributed by atoms with E-state index in [1.54, 1.807) is 0 Å². The topological polar surface area (TPSA) is 64.7 Å². The lowest BCUT2D eigenvalue weighted by Gasteiger charge is -2.57. The summed E-state index contributed by atoms with van der Waals surface area (Å²) in [6.07, 6.45) is 7.76. The Labute approximate surface area is 198 Å². The normalized spacial score (nSPS) is 32.5. The fourth-order valence-corrected chi connectivity index (χ4v) is 7.38. The van der Waals surface area contributed by atoms with Crippen LogP contribution in [0.5, 0.6) is 0 Å². The number of piperazine rings is 1. The third-order valence-electron chi connectivity index (χ3n) is 9.01. The molecule has 5 fully saturated rings. The summed E-state index contributed by atoms with van der Waals surface area (Å²) in [5.41, 5.74) is 3.28. The minimum absolute atomic E-state index is 0.0322. The van der Waals surface area contributed by atoms with Gasteiger partial charge in [0, 0.05) is 37.4 Å². The van der Waals surface area contributed by atoms with E-state index in [1.165, 1.54) is 44.1 Å². The lowest BCUT2D eigenvalue weighted by Crippen LogP contribution is -2.63. The van der Waals surface area contributed by atoms with Gasteiger partial charge in [0.15, 0.2) is 0 Å². The molecule has 1 aliphatic heterocycles. The molecule has 4 saturated carbocycles. The van der Waals surface area contributed by atoms with E-state index in [0.717, 1.165) is 55.2 Å². The van der Waals surface area contributed by atoms with Gasteiger partial charge in [-0.05, 0) is 94.2 Å². The van der Waals surface area contributed by atoms with Crippen LogP contribution in [0.3, 0.4) is 0 Å². The van der Waals surface area contributed by atoms with Crippen LogP contribution in [0.1, 0.15) is 56.6 Å². The Morgan fingerprint density at radius 2 is 1.61 bits per heavy atom. The second-order valence-electron chi connectivity index (χ2n) is 11.5. The third kappa shape index (κ3) is 4.83. The SMILES string of the molecule is Cc1cccc(NC(=O)CN2CCN(C(C)C(=O)NC34CC5CC(CC(C5)C3)C4)CC2)c1C. The molecule has 1 aromatic rings. The zero-order chi connectivity index (χ0) is 23.2. The van der Waals surface area contributed by atoms with Gasteiger partial charge in [0.25, 0.3) is 0 Å². The molecule has 0 radical (unpaired) electrons. The summed E-state index contributed by atoms with van der Waals surface area (Å²) >= 11 is 0. The number of anilines is 1. The van der Waals surface area contributed by atoms with Crippen molar-refractivity contribution in [1.29, 1.82) is 0 Å². The number of carbonyl (C=O) groups excluding carboxylic acids is 2. The minimum Gasteiger partial charge on any atom is -0.349 e. The summed E-state index contributed by atoms with van der Waals surface area (Å²) in [5.74, 6) is 2.75. The van der Waals surface area contributed by atoms with E-state index in [2.05, 4.69) is 40.3 Å². The number of nitrogens with one attached hydrogen (secondary N) is 2. The number of hydrogen-bond acceptors (Lipinski definition) is 4. The smallest absolute Gasteiger partial charge is 0.238 e. The zero-order valence-electron chi connectivity index (χ0n) is 20.5. The average Bonchev–Trinajstić information content (AvgIpc) is 2.75. The van der Waals surface area contributed by atoms with E-state index in [1.807, 2.05) is 19.1 Å². The van der Waals surface area contributed by atoms with E-state index in [4.69, 9.17) is 0 Å². The van der Waals surface area contributed by atoms with Crippen molar-refractivity contribution in [2.24, 2.45) is 17.8 Å². The maximum Gasteiger partial charge on any atom is 0.238 e. The van der Waals surface area contributed by atoms with Crippen LogP contribution >= 0.6 is 0 Å². The number of benzene rings is 1. The standard InChI is InChI=1S/C27H40N4O2/c1-18-5-4-6-24(19(18)2)28-25(32)17-30-7-9-31(10-8-30)20(3)26(33)29-27-14-21-11-22(15-27)13-23(12-21)16-27/h4-6,20-23H,7-17H2,1-3H3,(H,28,32)(H,29,33). The number of hydrogen-bond donors (Lipinski definition) is 2. The Balaban J connectivity index is 1.09. The number of nitrogens with zero attached hydrogens (tertiary/aromatic N) is 2. The summed E-state index contributed by atoms with van der Waals surface area (Å²) < 4.78 is 0. The maximum absolute atomic E-state index is 13.2. The number of rotatable bonds is 6. The van der Waals surface area contributed by atoms with Crippen molar-refractivity contribution in [3.63, 3.8) is 0 Å². The molecule has 180 valence electrons. The van der Waals surface area contributed by atoms with E-state index in [9.17, 15) is 9.59 Å². The molecule has 1 heterocycles. The molecule has 6 heteroatoms. The van der Waals surface area contributed by atoms with Gasteiger partial charge in [0.1, 0.15) is 0 Å². The van der Waals surface area contributed by atoms with Crippen molar-refractivity contribution in [1.82, 2.24) is 15.1 Å². The second kappa shape index (κ2) is 9.03. The van der Waals surface area contributed by atoms with Gasteiger partial charge in [-0.2, -0.15) is 0 Å². The summed E-state index contributed by atoms with van der Waals surface area (Å²) in [5, 5.41) is 6.61. The Hall–Kier alpha value is -1.92. The molecule has 1 unspecified atom stereocenters. The van der Waals surface area contributed by atoms with Crippen molar-refractivity contribution < 1.29 is 9.59 Å². The quantitative estimate of drug-likeness (QED) is 0.695. The molecule has 6 rings (SSSR count). The summed E-state index contributed by atoms with van der Waals surface area (Å²) in [4.78, 5) is 30.3. The molecule has 4 bridgehead atoms. The first-order valence-corrected chi connectivity index (χ1v) is 12.9. The van der Waals surface area contributed by atoms with Gasteiger partial charge >= 0.3 is 0 Å². The highest BCUT2D eigenvalue weighted by Gasteiger charge is 2.51. The Morgan fingerprint density at radius 1 is 1.00 bits per heavy atom. The van der Waals surface area contributed by atoms with Crippen LogP contribution in [0, 0.1) is 31.6 Å². The highest BCUT2D eigenvalue weighted by molar-refractivity contribution is 5.93. The van der Waals surface area contributed by atoms with Gasteiger partial charge in [-0.1, -0.05) is 12.1 Å².